The highest BCUT2D eigenvalue weighted by Crippen LogP contribution is 2.38. The first-order valence-corrected chi connectivity index (χ1v) is 8.56. The second-order valence-electron chi connectivity index (χ2n) is 6.10. The molecule has 1 aliphatic carbocycles. The van der Waals surface area contributed by atoms with Crippen LogP contribution in [0.4, 0.5) is 0 Å². The van der Waals surface area contributed by atoms with Crippen molar-refractivity contribution in [2.75, 3.05) is 0 Å². The lowest BCUT2D eigenvalue weighted by atomic mass is 9.79. The Bertz CT molecular complexity index is 700. The summed E-state index contributed by atoms with van der Waals surface area (Å²) in [6.45, 7) is 3.65. The third-order valence-electron chi connectivity index (χ3n) is 3.38. The predicted octanol–water partition coefficient (Wildman–Crippen LogP) is 3.41. The van der Waals surface area contributed by atoms with Crippen LogP contribution in [-0.4, -0.2) is 19.3 Å². The van der Waals surface area contributed by atoms with E-state index in [2.05, 4.69) is 0 Å². The van der Waals surface area contributed by atoms with E-state index in [0.29, 0.717) is 10.6 Å². The molecule has 1 N–H and O–H groups in total. The van der Waals surface area contributed by atoms with Crippen LogP contribution in [0.3, 0.4) is 0 Å². The van der Waals surface area contributed by atoms with Gasteiger partial charge in [-0.05, 0) is 23.1 Å². The highest BCUT2D eigenvalue weighted by atomic mass is 35.5. The van der Waals surface area contributed by atoms with Gasteiger partial charge in [-0.15, -0.1) is 0 Å². The number of sulfone groups is 1. The molecular weight excluding hydrogens is 312 g/mol. The lowest BCUT2D eigenvalue weighted by Crippen LogP contribution is -2.29. The summed E-state index contributed by atoms with van der Waals surface area (Å²) >= 11 is 5.76. The van der Waals surface area contributed by atoms with Gasteiger partial charge in [-0.3, -0.25) is 4.79 Å². The van der Waals surface area contributed by atoms with Crippen molar-refractivity contribution in [1.29, 1.82) is 0 Å². The molecule has 21 heavy (non-hydrogen) atoms. The molecule has 0 bridgehead atoms. The molecule has 0 saturated carbocycles. The normalized spacial score (nSPS) is 18.9. The molecule has 0 unspecified atom stereocenters. The fraction of sp³-hybridized carbons (Fsp3) is 0.400. The topological polar surface area (TPSA) is 71.4 Å². The van der Waals surface area contributed by atoms with Gasteiger partial charge in [0.2, 0.25) is 0 Å². The monoisotopic (exact) mass is 328 g/mol. The maximum atomic E-state index is 12.4. The average Bonchev–Trinajstić information content (AvgIpc) is 2.28. The number of rotatable bonds is 3. The van der Waals surface area contributed by atoms with E-state index < -0.39 is 25.9 Å². The fourth-order valence-electron chi connectivity index (χ4n) is 2.50. The number of carbonyl (C=O) groups excluding carboxylic acids is 1. The van der Waals surface area contributed by atoms with Gasteiger partial charge in [-0.1, -0.05) is 37.6 Å². The molecule has 6 heteroatoms. The van der Waals surface area contributed by atoms with E-state index in [4.69, 9.17) is 11.6 Å². The summed E-state index contributed by atoms with van der Waals surface area (Å²) in [5.74, 6) is -1.17. The molecule has 0 spiro atoms. The number of benzene rings is 1. The van der Waals surface area contributed by atoms with E-state index in [9.17, 15) is 18.3 Å². The molecule has 0 aromatic heterocycles. The van der Waals surface area contributed by atoms with Crippen LogP contribution in [-0.2, 0) is 20.4 Å². The van der Waals surface area contributed by atoms with Gasteiger partial charge in [0.25, 0.3) is 0 Å². The average molecular weight is 329 g/mol. The van der Waals surface area contributed by atoms with Crippen molar-refractivity contribution in [1.82, 2.24) is 0 Å². The number of aliphatic hydroxyl groups is 1. The lowest BCUT2D eigenvalue weighted by Gasteiger charge is -2.29. The first-order valence-electron chi connectivity index (χ1n) is 6.53. The fourth-order valence-corrected chi connectivity index (χ4v) is 4.25. The van der Waals surface area contributed by atoms with Gasteiger partial charge in [0.15, 0.2) is 15.6 Å². The van der Waals surface area contributed by atoms with Crippen molar-refractivity contribution < 1.29 is 18.3 Å². The number of hydrogen-bond donors (Lipinski definition) is 1. The molecule has 1 aliphatic rings. The summed E-state index contributed by atoms with van der Waals surface area (Å²) in [6, 6.07) is 6.36. The van der Waals surface area contributed by atoms with Crippen LogP contribution in [0.25, 0.3) is 0 Å². The Balaban J connectivity index is 2.35. The molecule has 0 atom stereocenters. The molecule has 0 fully saturated rings. The highest BCUT2D eigenvalue weighted by molar-refractivity contribution is 7.95. The Kier molecular flexibility index (Phi) is 4.17. The predicted molar refractivity (Wildman–Crippen MR) is 81.8 cm³/mol. The number of Topliss-reactive ketones (excluding diaryl/α,β-unsaturated/α-hetero) is 1. The standard InChI is InChI=1S/C15H17ClO4S/c1-15(2)7-12(17)14(13(18)8-15)21(19,20)9-10-3-5-11(16)6-4-10/h3-6,17H,7-9H2,1-2H3. The Hall–Kier alpha value is -1.33. The molecule has 0 radical (unpaired) electrons. The van der Waals surface area contributed by atoms with Crippen molar-refractivity contribution in [3.05, 3.63) is 45.5 Å². The maximum Gasteiger partial charge on any atom is 0.189 e. The van der Waals surface area contributed by atoms with Gasteiger partial charge in [0, 0.05) is 17.9 Å². The summed E-state index contributed by atoms with van der Waals surface area (Å²) < 4.78 is 24.8. The number of halogens is 1. The van der Waals surface area contributed by atoms with Crippen LogP contribution in [0, 0.1) is 5.41 Å². The van der Waals surface area contributed by atoms with E-state index in [-0.39, 0.29) is 24.4 Å². The van der Waals surface area contributed by atoms with E-state index in [1.165, 1.54) is 0 Å². The third-order valence-corrected chi connectivity index (χ3v) is 5.43. The second kappa shape index (κ2) is 5.46. The number of allylic oxidation sites excluding steroid dienone is 2. The molecule has 0 saturated heterocycles. The van der Waals surface area contributed by atoms with Gasteiger partial charge in [-0.2, -0.15) is 0 Å². The summed E-state index contributed by atoms with van der Waals surface area (Å²) in [7, 11) is -3.86. The SMILES string of the molecule is CC1(C)CC(=O)C(S(=O)(=O)Cc2ccc(Cl)cc2)=C(O)C1. The minimum atomic E-state index is -3.86. The van der Waals surface area contributed by atoms with Crippen LogP contribution < -0.4 is 0 Å². The van der Waals surface area contributed by atoms with Gasteiger partial charge in [0.1, 0.15) is 10.7 Å². The Morgan fingerprint density at radius 3 is 2.29 bits per heavy atom. The summed E-state index contributed by atoms with van der Waals surface area (Å²) in [5.41, 5.74) is 0.109. The van der Waals surface area contributed by atoms with Crippen LogP contribution in [0.2, 0.25) is 5.02 Å². The molecule has 2 rings (SSSR count). The summed E-state index contributed by atoms with van der Waals surface area (Å²) in [5, 5.41) is 10.5. The minimum Gasteiger partial charge on any atom is -0.511 e. The van der Waals surface area contributed by atoms with Gasteiger partial charge in [0.05, 0.1) is 5.75 Å². The van der Waals surface area contributed by atoms with Crippen LogP contribution in [0.5, 0.6) is 0 Å². The maximum absolute atomic E-state index is 12.4. The van der Waals surface area contributed by atoms with E-state index >= 15 is 0 Å². The second-order valence-corrected chi connectivity index (χ2v) is 8.47. The number of carbonyl (C=O) groups is 1. The number of hydrogen-bond acceptors (Lipinski definition) is 4. The zero-order valence-electron chi connectivity index (χ0n) is 11.9. The highest BCUT2D eigenvalue weighted by Gasteiger charge is 2.38. The molecule has 1 aromatic rings. The van der Waals surface area contributed by atoms with Gasteiger partial charge in [-0.25, -0.2) is 8.42 Å². The van der Waals surface area contributed by atoms with E-state index in [1.807, 2.05) is 13.8 Å². The quantitative estimate of drug-likeness (QED) is 0.922. The Morgan fingerprint density at radius 2 is 1.76 bits per heavy atom. The number of aliphatic hydroxyl groups excluding tert-OH is 1. The molecular formula is C15H17ClO4S. The smallest absolute Gasteiger partial charge is 0.189 e. The van der Waals surface area contributed by atoms with E-state index in [1.54, 1.807) is 24.3 Å². The van der Waals surface area contributed by atoms with Crippen molar-refractivity contribution in [3.8, 4) is 0 Å². The molecule has 4 nitrogen and oxygen atoms in total. The molecule has 0 aliphatic heterocycles. The molecule has 0 amide bonds. The van der Waals surface area contributed by atoms with Crippen molar-refractivity contribution >= 4 is 27.2 Å². The van der Waals surface area contributed by atoms with Gasteiger partial charge < -0.3 is 5.11 Å². The van der Waals surface area contributed by atoms with Crippen molar-refractivity contribution in [3.63, 3.8) is 0 Å². The summed E-state index contributed by atoms with van der Waals surface area (Å²) in [6.07, 6.45) is 0.306. The Morgan fingerprint density at radius 1 is 1.19 bits per heavy atom. The molecule has 114 valence electrons. The van der Waals surface area contributed by atoms with Crippen LogP contribution >= 0.6 is 11.6 Å². The first-order chi connectivity index (χ1) is 9.61. The molecule has 0 heterocycles. The van der Waals surface area contributed by atoms with Gasteiger partial charge >= 0.3 is 0 Å². The Labute approximate surface area is 129 Å². The van der Waals surface area contributed by atoms with Crippen molar-refractivity contribution in [2.45, 2.75) is 32.4 Å². The van der Waals surface area contributed by atoms with Crippen LogP contribution in [0.1, 0.15) is 32.3 Å². The minimum absolute atomic E-state index is 0.117. The number of ketones is 1. The molecule has 1 aromatic carbocycles. The zero-order chi connectivity index (χ0) is 15.8. The summed E-state index contributed by atoms with van der Waals surface area (Å²) in [4.78, 5) is 11.7. The van der Waals surface area contributed by atoms with Crippen LogP contribution in [0.15, 0.2) is 34.9 Å². The first kappa shape index (κ1) is 16.0. The largest absolute Gasteiger partial charge is 0.511 e. The lowest BCUT2D eigenvalue weighted by molar-refractivity contribution is -0.117. The third kappa shape index (κ3) is 3.66. The van der Waals surface area contributed by atoms with Crippen molar-refractivity contribution in [2.24, 2.45) is 5.41 Å². The zero-order valence-corrected chi connectivity index (χ0v) is 13.5. The van der Waals surface area contributed by atoms with E-state index in [0.717, 1.165) is 0 Å².